The minimum Gasteiger partial charge on any atom is -0.403 e. The third kappa shape index (κ3) is 4.82. The molecule has 0 spiro atoms. The molecule has 0 radical (unpaired) electrons. The number of anilines is 1. The summed E-state index contributed by atoms with van der Waals surface area (Å²) in [5, 5.41) is 20.7. The number of amides is 1. The minimum atomic E-state index is -3.31. The smallest absolute Gasteiger partial charge is 0.322 e. The lowest BCUT2D eigenvalue weighted by molar-refractivity contribution is -0.384. The second-order valence-corrected chi connectivity index (χ2v) is 8.27. The van der Waals surface area contributed by atoms with E-state index in [1.807, 2.05) is 0 Å². The van der Waals surface area contributed by atoms with Gasteiger partial charge in [0, 0.05) is 17.7 Å². The number of nitrogens with one attached hydrogen (secondary N) is 1. The predicted molar refractivity (Wildman–Crippen MR) is 103 cm³/mol. The Labute approximate surface area is 165 Å². The fraction of sp³-hybridized carbons (Fsp3) is 0.167. The van der Waals surface area contributed by atoms with Gasteiger partial charge in [0.25, 0.3) is 5.69 Å². The van der Waals surface area contributed by atoms with Crippen molar-refractivity contribution in [3.05, 3.63) is 64.2 Å². The Bertz CT molecular complexity index is 1140. The van der Waals surface area contributed by atoms with Crippen LogP contribution in [0.25, 0.3) is 11.5 Å². The number of benzene rings is 2. The van der Waals surface area contributed by atoms with E-state index in [1.54, 1.807) is 19.1 Å². The second-order valence-electron chi connectivity index (χ2n) is 5.99. The summed E-state index contributed by atoms with van der Waals surface area (Å²) < 4.78 is 29.1. The lowest BCUT2D eigenvalue weighted by Gasteiger charge is -2.02. The van der Waals surface area contributed by atoms with E-state index in [4.69, 9.17) is 4.42 Å². The Morgan fingerprint density at radius 1 is 1.10 bits per heavy atom. The highest BCUT2D eigenvalue weighted by molar-refractivity contribution is 7.91. The summed E-state index contributed by atoms with van der Waals surface area (Å²) in [6.07, 6.45) is -0.0285. The van der Waals surface area contributed by atoms with Crippen molar-refractivity contribution in [1.29, 1.82) is 0 Å². The maximum atomic E-state index is 12.1. The van der Waals surface area contributed by atoms with Gasteiger partial charge in [-0.2, -0.15) is 0 Å². The monoisotopic (exact) mass is 416 g/mol. The van der Waals surface area contributed by atoms with Gasteiger partial charge >= 0.3 is 6.01 Å². The molecule has 0 saturated carbocycles. The molecule has 1 N–H and O–H groups in total. The first-order valence-electron chi connectivity index (χ1n) is 8.48. The lowest BCUT2D eigenvalue weighted by atomic mass is 10.1. The highest BCUT2D eigenvalue weighted by Crippen LogP contribution is 2.22. The van der Waals surface area contributed by atoms with Gasteiger partial charge in [-0.15, -0.1) is 5.10 Å². The average molecular weight is 416 g/mol. The largest absolute Gasteiger partial charge is 0.403 e. The van der Waals surface area contributed by atoms with Gasteiger partial charge in [0.1, 0.15) is 0 Å². The maximum absolute atomic E-state index is 12.1. The molecule has 150 valence electrons. The van der Waals surface area contributed by atoms with Gasteiger partial charge in [0.2, 0.25) is 11.8 Å². The zero-order chi connectivity index (χ0) is 21.0. The molecule has 3 aromatic rings. The average Bonchev–Trinajstić information content (AvgIpc) is 3.16. The summed E-state index contributed by atoms with van der Waals surface area (Å²) in [6, 6.07) is 11.5. The molecule has 1 heterocycles. The number of nitro benzene ring substituents is 1. The number of nitrogens with zero attached hydrogens (tertiary/aromatic N) is 3. The summed E-state index contributed by atoms with van der Waals surface area (Å²) in [5.41, 5.74) is 1.03. The molecule has 1 aromatic heterocycles. The number of sulfone groups is 1. The van der Waals surface area contributed by atoms with Crippen LogP contribution in [0.4, 0.5) is 11.7 Å². The van der Waals surface area contributed by atoms with Crippen LogP contribution in [0, 0.1) is 10.1 Å². The van der Waals surface area contributed by atoms with Gasteiger partial charge in [0.15, 0.2) is 9.84 Å². The molecule has 0 aliphatic carbocycles. The fourth-order valence-corrected chi connectivity index (χ4v) is 3.33. The molecule has 0 atom stereocenters. The normalized spacial score (nSPS) is 11.2. The summed E-state index contributed by atoms with van der Waals surface area (Å²) >= 11 is 0. The van der Waals surface area contributed by atoms with Gasteiger partial charge in [-0.05, 0) is 29.8 Å². The molecular formula is C18H16N4O6S. The summed E-state index contributed by atoms with van der Waals surface area (Å²) in [4.78, 5) is 22.4. The van der Waals surface area contributed by atoms with Gasteiger partial charge in [-0.3, -0.25) is 20.2 Å². The first-order chi connectivity index (χ1) is 13.8. The topological polar surface area (TPSA) is 145 Å². The number of nitro groups is 1. The van der Waals surface area contributed by atoms with E-state index in [0.29, 0.717) is 11.1 Å². The zero-order valence-electron chi connectivity index (χ0n) is 15.2. The third-order valence-corrected chi connectivity index (χ3v) is 5.77. The van der Waals surface area contributed by atoms with E-state index in [1.165, 1.54) is 36.4 Å². The van der Waals surface area contributed by atoms with Crippen molar-refractivity contribution in [2.75, 3.05) is 11.1 Å². The lowest BCUT2D eigenvalue weighted by Crippen LogP contribution is -2.14. The van der Waals surface area contributed by atoms with Crippen molar-refractivity contribution >= 4 is 27.4 Å². The van der Waals surface area contributed by atoms with Crippen LogP contribution in [0.15, 0.2) is 57.8 Å². The number of aromatic nitrogens is 2. The Morgan fingerprint density at radius 2 is 1.76 bits per heavy atom. The number of non-ortho nitro benzene ring substituents is 1. The van der Waals surface area contributed by atoms with Crippen LogP contribution in [0.1, 0.15) is 12.5 Å². The number of carbonyl (C=O) groups excluding carboxylic acids is 1. The van der Waals surface area contributed by atoms with Crippen molar-refractivity contribution in [2.24, 2.45) is 0 Å². The van der Waals surface area contributed by atoms with E-state index in [0.717, 1.165) is 0 Å². The van der Waals surface area contributed by atoms with Crippen molar-refractivity contribution in [1.82, 2.24) is 10.2 Å². The fourth-order valence-electron chi connectivity index (χ4n) is 2.45. The molecule has 0 fully saturated rings. The van der Waals surface area contributed by atoms with Gasteiger partial charge in [-0.25, -0.2) is 8.42 Å². The van der Waals surface area contributed by atoms with Crippen molar-refractivity contribution in [2.45, 2.75) is 18.2 Å². The standard InChI is InChI=1S/C18H16N4O6S/c1-2-29(26,27)15-9-5-13(6-10-15)17-20-21-18(28-17)19-16(23)11-12-3-7-14(8-4-12)22(24)25/h3-10H,2,11H2,1H3,(H,19,21,23). The third-order valence-electron chi connectivity index (χ3n) is 4.02. The number of hydrogen-bond acceptors (Lipinski definition) is 8. The molecule has 29 heavy (non-hydrogen) atoms. The Balaban J connectivity index is 1.65. The molecule has 2 aromatic carbocycles. The molecule has 0 saturated heterocycles. The summed E-state index contributed by atoms with van der Waals surface area (Å²) in [6.45, 7) is 1.56. The van der Waals surface area contributed by atoms with Crippen molar-refractivity contribution < 1.29 is 22.6 Å². The Hall–Kier alpha value is -3.60. The first-order valence-corrected chi connectivity index (χ1v) is 10.1. The summed E-state index contributed by atoms with van der Waals surface area (Å²) in [5.74, 6) is -0.313. The molecule has 3 rings (SSSR count). The molecule has 10 nitrogen and oxygen atoms in total. The Kier molecular flexibility index (Phi) is 5.69. The van der Waals surface area contributed by atoms with Gasteiger partial charge in [0.05, 0.1) is 22.0 Å². The zero-order valence-corrected chi connectivity index (χ0v) is 16.0. The summed E-state index contributed by atoms with van der Waals surface area (Å²) in [7, 11) is -3.31. The van der Waals surface area contributed by atoms with Crippen LogP contribution in [0.5, 0.6) is 0 Å². The van der Waals surface area contributed by atoms with Crippen LogP contribution < -0.4 is 5.32 Å². The van der Waals surface area contributed by atoms with Crippen LogP contribution in [0.2, 0.25) is 0 Å². The van der Waals surface area contributed by atoms with Crippen LogP contribution in [0.3, 0.4) is 0 Å². The van der Waals surface area contributed by atoms with Gasteiger partial charge in [-0.1, -0.05) is 24.2 Å². The van der Waals surface area contributed by atoms with Crippen molar-refractivity contribution in [3.63, 3.8) is 0 Å². The van der Waals surface area contributed by atoms with E-state index in [9.17, 15) is 23.3 Å². The number of hydrogen-bond donors (Lipinski definition) is 1. The van der Waals surface area contributed by atoms with Crippen LogP contribution in [-0.2, 0) is 21.1 Å². The van der Waals surface area contributed by atoms with E-state index in [-0.39, 0.29) is 34.7 Å². The molecule has 11 heteroatoms. The predicted octanol–water partition coefficient (Wildman–Crippen LogP) is 2.62. The quantitative estimate of drug-likeness (QED) is 0.457. The van der Waals surface area contributed by atoms with Gasteiger partial charge < -0.3 is 4.42 Å². The van der Waals surface area contributed by atoms with E-state index >= 15 is 0 Å². The first kappa shape index (κ1) is 20.1. The molecule has 0 unspecified atom stereocenters. The number of rotatable bonds is 7. The molecule has 0 aliphatic heterocycles. The van der Waals surface area contributed by atoms with E-state index in [2.05, 4.69) is 15.5 Å². The van der Waals surface area contributed by atoms with E-state index < -0.39 is 20.7 Å². The molecule has 0 bridgehead atoms. The maximum Gasteiger partial charge on any atom is 0.322 e. The van der Waals surface area contributed by atoms with Crippen molar-refractivity contribution in [3.8, 4) is 11.5 Å². The Morgan fingerprint density at radius 3 is 2.34 bits per heavy atom. The highest BCUT2D eigenvalue weighted by atomic mass is 32.2. The molecule has 0 aliphatic rings. The molecule has 1 amide bonds. The minimum absolute atomic E-state index is 0.00214. The molecular weight excluding hydrogens is 400 g/mol. The second kappa shape index (κ2) is 8.19. The van der Waals surface area contributed by atoms with Crippen LogP contribution >= 0.6 is 0 Å². The van der Waals surface area contributed by atoms with Crippen LogP contribution in [-0.4, -0.2) is 35.2 Å². The SMILES string of the molecule is CCS(=O)(=O)c1ccc(-c2nnc(NC(=O)Cc3ccc([N+](=O)[O-])cc3)o2)cc1. The highest BCUT2D eigenvalue weighted by Gasteiger charge is 2.15. The number of carbonyl (C=O) groups is 1.